The van der Waals surface area contributed by atoms with Crippen LogP contribution in [0.4, 0.5) is 5.82 Å². The van der Waals surface area contributed by atoms with Crippen LogP contribution in [0.25, 0.3) is 0 Å². The molecule has 17 heavy (non-hydrogen) atoms. The van der Waals surface area contributed by atoms with Crippen LogP contribution in [0.3, 0.4) is 0 Å². The van der Waals surface area contributed by atoms with Crippen LogP contribution in [0.5, 0.6) is 0 Å². The van der Waals surface area contributed by atoms with Crippen molar-refractivity contribution in [1.29, 1.82) is 0 Å². The van der Waals surface area contributed by atoms with Crippen LogP contribution in [-0.2, 0) is 4.79 Å². The molecule has 1 amide bonds. The molecule has 0 bridgehead atoms. The Balaban J connectivity index is 1.90. The van der Waals surface area contributed by atoms with E-state index >= 15 is 0 Å². The highest BCUT2D eigenvalue weighted by molar-refractivity contribution is 5.90. The number of H-pyrrole nitrogens is 1. The Labute approximate surface area is 102 Å². The minimum Gasteiger partial charge on any atom is -0.311 e. The zero-order chi connectivity index (χ0) is 12.5. The van der Waals surface area contributed by atoms with Crippen molar-refractivity contribution in [3.8, 4) is 0 Å². The van der Waals surface area contributed by atoms with Gasteiger partial charge < -0.3 is 5.32 Å². The lowest BCUT2D eigenvalue weighted by molar-refractivity contribution is -0.117. The van der Waals surface area contributed by atoms with Gasteiger partial charge in [-0.2, -0.15) is 5.10 Å². The molecule has 93 valence electrons. The van der Waals surface area contributed by atoms with Gasteiger partial charge in [-0.15, -0.1) is 0 Å². The Hall–Kier alpha value is -1.32. The molecule has 0 spiro atoms. The highest BCUT2D eigenvalue weighted by Gasteiger charge is 2.23. The lowest BCUT2D eigenvalue weighted by atomic mass is 9.83. The zero-order valence-electron chi connectivity index (χ0n) is 10.7. The summed E-state index contributed by atoms with van der Waals surface area (Å²) in [5.74, 6) is 1.29. The Morgan fingerprint density at radius 1 is 1.53 bits per heavy atom. The van der Waals surface area contributed by atoms with E-state index in [0.717, 1.165) is 18.5 Å². The van der Waals surface area contributed by atoms with Gasteiger partial charge in [0.1, 0.15) is 5.82 Å². The number of rotatable bonds is 3. The molecule has 1 heterocycles. The number of carbonyl (C=O) groups excluding carboxylic acids is 1. The summed E-state index contributed by atoms with van der Waals surface area (Å²) >= 11 is 0. The Morgan fingerprint density at radius 3 is 2.76 bits per heavy atom. The summed E-state index contributed by atoms with van der Waals surface area (Å²) in [6.45, 7) is 6.15. The fourth-order valence-corrected chi connectivity index (χ4v) is 1.86. The van der Waals surface area contributed by atoms with Crippen molar-refractivity contribution in [3.05, 3.63) is 18.2 Å². The Morgan fingerprint density at radius 2 is 2.24 bits per heavy atom. The third kappa shape index (κ3) is 3.32. The van der Waals surface area contributed by atoms with Gasteiger partial charge in [0.2, 0.25) is 5.91 Å². The van der Waals surface area contributed by atoms with Gasteiger partial charge in [0.15, 0.2) is 0 Å². The second kappa shape index (κ2) is 4.51. The maximum atomic E-state index is 11.7. The SMILES string of the molecule is CC(C)(C)CC(=O)Nc1cc(C2C[CH]C2)n[nH]1. The van der Waals surface area contributed by atoms with E-state index in [1.807, 2.05) is 6.07 Å². The highest BCUT2D eigenvalue weighted by atomic mass is 16.1. The minimum atomic E-state index is 0.00979. The van der Waals surface area contributed by atoms with Crippen molar-refractivity contribution in [2.45, 2.75) is 46.0 Å². The third-order valence-corrected chi connectivity index (χ3v) is 2.88. The van der Waals surface area contributed by atoms with E-state index in [1.165, 1.54) is 0 Å². The second-order valence-electron chi connectivity index (χ2n) is 5.95. The summed E-state index contributed by atoms with van der Waals surface area (Å²) in [5, 5.41) is 9.96. The molecule has 1 fully saturated rings. The van der Waals surface area contributed by atoms with E-state index in [0.29, 0.717) is 18.2 Å². The van der Waals surface area contributed by atoms with E-state index in [1.54, 1.807) is 0 Å². The molecular formula is C13H20N3O. The standard InChI is InChI=1S/C13H20N3O/c1-13(2,3)8-12(17)14-11-7-10(15-16-11)9-5-4-6-9/h4,7,9H,5-6,8H2,1-3H3,(H2,14,15,16,17). The molecule has 1 aromatic heterocycles. The van der Waals surface area contributed by atoms with E-state index in [2.05, 4.69) is 42.7 Å². The van der Waals surface area contributed by atoms with Crippen LogP contribution < -0.4 is 5.32 Å². The average Bonchev–Trinajstić information content (AvgIpc) is 2.45. The van der Waals surface area contributed by atoms with Crippen LogP contribution in [0, 0.1) is 11.8 Å². The fraction of sp³-hybridized carbons (Fsp3) is 0.615. The van der Waals surface area contributed by atoms with E-state index in [4.69, 9.17) is 0 Å². The van der Waals surface area contributed by atoms with Gasteiger partial charge in [-0.1, -0.05) is 20.8 Å². The number of hydrogen-bond acceptors (Lipinski definition) is 2. The van der Waals surface area contributed by atoms with Gasteiger partial charge in [-0.25, -0.2) is 0 Å². The summed E-state index contributed by atoms with van der Waals surface area (Å²) in [4.78, 5) is 11.7. The van der Waals surface area contributed by atoms with E-state index in [9.17, 15) is 4.79 Å². The van der Waals surface area contributed by atoms with E-state index < -0.39 is 0 Å². The number of carbonyl (C=O) groups is 1. The predicted molar refractivity (Wildman–Crippen MR) is 67.6 cm³/mol. The van der Waals surface area contributed by atoms with Crippen molar-refractivity contribution in [3.63, 3.8) is 0 Å². The van der Waals surface area contributed by atoms with Crippen LogP contribution in [-0.4, -0.2) is 16.1 Å². The molecule has 0 atom stereocenters. The van der Waals surface area contributed by atoms with Crippen LogP contribution in [0.15, 0.2) is 6.07 Å². The van der Waals surface area contributed by atoms with Crippen molar-refractivity contribution < 1.29 is 4.79 Å². The van der Waals surface area contributed by atoms with Gasteiger partial charge >= 0.3 is 0 Å². The molecule has 1 radical (unpaired) electrons. The summed E-state index contributed by atoms with van der Waals surface area (Å²) in [6.07, 6.45) is 4.95. The number of amides is 1. The Kier molecular flexibility index (Phi) is 3.22. The van der Waals surface area contributed by atoms with Crippen molar-refractivity contribution in [2.75, 3.05) is 5.32 Å². The molecule has 0 aromatic carbocycles. The molecule has 0 saturated heterocycles. The molecule has 1 saturated carbocycles. The molecule has 2 N–H and O–H groups in total. The van der Waals surface area contributed by atoms with Crippen LogP contribution >= 0.6 is 0 Å². The summed E-state index contributed by atoms with van der Waals surface area (Å²) in [5.41, 5.74) is 1.06. The predicted octanol–water partition coefficient (Wildman–Crippen LogP) is 2.87. The minimum absolute atomic E-state index is 0.00979. The molecule has 1 aliphatic rings. The summed E-state index contributed by atoms with van der Waals surface area (Å²) in [6, 6.07) is 1.94. The topological polar surface area (TPSA) is 57.8 Å². The first kappa shape index (κ1) is 12.1. The highest BCUT2D eigenvalue weighted by Crippen LogP contribution is 2.35. The number of aromatic nitrogens is 2. The van der Waals surface area contributed by atoms with Gasteiger partial charge in [0, 0.05) is 18.4 Å². The number of nitrogens with one attached hydrogen (secondary N) is 2. The van der Waals surface area contributed by atoms with E-state index in [-0.39, 0.29) is 11.3 Å². The van der Waals surface area contributed by atoms with Crippen molar-refractivity contribution in [2.24, 2.45) is 5.41 Å². The third-order valence-electron chi connectivity index (χ3n) is 2.88. The largest absolute Gasteiger partial charge is 0.311 e. The molecule has 0 aliphatic heterocycles. The monoisotopic (exact) mass is 234 g/mol. The Bertz CT molecular complexity index is 399. The smallest absolute Gasteiger partial charge is 0.226 e. The van der Waals surface area contributed by atoms with Gasteiger partial charge in [0.05, 0.1) is 5.69 Å². The molecule has 2 rings (SSSR count). The van der Waals surface area contributed by atoms with Crippen molar-refractivity contribution >= 4 is 11.7 Å². The van der Waals surface area contributed by atoms with Crippen LogP contribution in [0.1, 0.15) is 51.6 Å². The normalized spacial score (nSPS) is 16.6. The summed E-state index contributed by atoms with van der Waals surface area (Å²) in [7, 11) is 0. The summed E-state index contributed by atoms with van der Waals surface area (Å²) < 4.78 is 0. The first-order chi connectivity index (χ1) is 7.94. The fourth-order valence-electron chi connectivity index (χ4n) is 1.86. The lowest BCUT2D eigenvalue weighted by Gasteiger charge is -2.22. The lowest BCUT2D eigenvalue weighted by Crippen LogP contribution is -2.19. The van der Waals surface area contributed by atoms with Crippen molar-refractivity contribution in [1.82, 2.24) is 10.2 Å². The quantitative estimate of drug-likeness (QED) is 0.844. The number of aromatic amines is 1. The number of nitrogens with zero attached hydrogens (tertiary/aromatic N) is 1. The molecule has 4 heteroatoms. The van der Waals surface area contributed by atoms with Crippen LogP contribution in [0.2, 0.25) is 0 Å². The molecule has 4 nitrogen and oxygen atoms in total. The molecule has 1 aromatic rings. The first-order valence-electron chi connectivity index (χ1n) is 6.11. The van der Waals surface area contributed by atoms with Gasteiger partial charge in [-0.05, 0) is 24.7 Å². The first-order valence-corrected chi connectivity index (χ1v) is 6.11. The molecular weight excluding hydrogens is 214 g/mol. The molecule has 0 unspecified atom stereocenters. The molecule has 1 aliphatic carbocycles. The second-order valence-corrected chi connectivity index (χ2v) is 5.95. The average molecular weight is 234 g/mol. The number of hydrogen-bond donors (Lipinski definition) is 2. The maximum Gasteiger partial charge on any atom is 0.226 e. The zero-order valence-corrected chi connectivity index (χ0v) is 10.7. The van der Waals surface area contributed by atoms with Gasteiger partial charge in [-0.3, -0.25) is 9.89 Å². The van der Waals surface area contributed by atoms with Gasteiger partial charge in [0.25, 0.3) is 0 Å². The maximum absolute atomic E-state index is 11.7. The number of anilines is 1.